The number of hydrogen-bond acceptors (Lipinski definition) is 2. The molecule has 0 amide bonds. The van der Waals surface area contributed by atoms with Crippen molar-refractivity contribution in [2.75, 3.05) is 0 Å². The largest absolute Gasteiger partial charge is 0.269 e. The zero-order chi connectivity index (χ0) is 3.41. The van der Waals surface area contributed by atoms with Crippen LogP contribution in [0.5, 0.6) is 0 Å². The molecule has 66 valence electrons. The lowest BCUT2D eigenvalue weighted by atomic mass is 10.9. The number of nitrogens with zero attached hydrogens (tertiary/aromatic N) is 2. The third kappa shape index (κ3) is 1050. The van der Waals surface area contributed by atoms with Gasteiger partial charge in [-0.3, -0.25) is 28.2 Å². The summed E-state index contributed by atoms with van der Waals surface area (Å²) < 4.78 is 0. The minimum Gasteiger partial charge on any atom is -0.269 e. The van der Waals surface area contributed by atoms with E-state index >= 15 is 0 Å². The van der Waals surface area contributed by atoms with E-state index in [9.17, 15) is 0 Å². The monoisotopic (exact) mass is 172 g/mol. The quantitative estimate of drug-likeness (QED) is 0.510. The first-order valence-corrected chi connectivity index (χ1v) is 0.697. The number of halogens is 6. The third-order valence-corrected chi connectivity index (χ3v) is 0.0500. The molecule has 8 heteroatoms. The molecule has 0 aromatic rings. The van der Waals surface area contributed by atoms with Gasteiger partial charge in [0.2, 0.25) is 0 Å². The van der Waals surface area contributed by atoms with Gasteiger partial charge in [-0.25, -0.2) is 0 Å². The molecule has 0 aliphatic heterocycles. The van der Waals surface area contributed by atoms with E-state index < -0.39 is 0 Å². The number of nitriles is 2. The van der Waals surface area contributed by atoms with E-state index in [0.717, 1.165) is 0 Å². The van der Waals surface area contributed by atoms with E-state index in [1.807, 2.05) is 0 Å². The van der Waals surface area contributed by atoms with E-state index in [1.54, 1.807) is 0 Å². The molecule has 10 heavy (non-hydrogen) atoms. The minimum absolute atomic E-state index is 0. The van der Waals surface area contributed by atoms with Crippen molar-refractivity contribution in [2.45, 2.75) is 0 Å². The van der Waals surface area contributed by atoms with Gasteiger partial charge >= 0.3 is 0 Å². The Hall–Kier alpha value is -1.44. The van der Waals surface area contributed by atoms with Crippen LogP contribution in [-0.2, 0) is 0 Å². The highest BCUT2D eigenvalue weighted by molar-refractivity contribution is 4.99. The van der Waals surface area contributed by atoms with Gasteiger partial charge in [0.05, 0.1) is 0 Å². The van der Waals surface area contributed by atoms with Crippen LogP contribution in [0.4, 0.5) is 28.2 Å². The first-order chi connectivity index (χ1) is 1.91. The SMILES string of the molecule is F.F.F.F.F.F.N#CC#N. The Labute approximate surface area is 52.3 Å². The van der Waals surface area contributed by atoms with E-state index in [4.69, 9.17) is 10.5 Å². The summed E-state index contributed by atoms with van der Waals surface area (Å²) in [4.78, 5) is 0. The van der Waals surface area contributed by atoms with Gasteiger partial charge in [0.1, 0.15) is 0 Å². The molecule has 0 aliphatic carbocycles. The summed E-state index contributed by atoms with van der Waals surface area (Å²) in [6.07, 6.45) is 0. The van der Waals surface area contributed by atoms with Crippen molar-refractivity contribution in [2.24, 2.45) is 0 Å². The summed E-state index contributed by atoms with van der Waals surface area (Å²) in [5.74, 6) is 0. The molecule has 0 bridgehead atoms. The van der Waals surface area contributed by atoms with Crippen LogP contribution in [0.2, 0.25) is 0 Å². The van der Waals surface area contributed by atoms with Crippen LogP contribution >= 0.6 is 0 Å². The molecule has 0 aromatic carbocycles. The second kappa shape index (κ2) is 1040. The fourth-order valence-electron chi connectivity index (χ4n) is 0. The lowest BCUT2D eigenvalue weighted by molar-refractivity contribution is 1.11. The van der Waals surface area contributed by atoms with Crippen molar-refractivity contribution in [3.05, 3.63) is 0 Å². The number of rotatable bonds is 0. The van der Waals surface area contributed by atoms with Crippen LogP contribution in [0.25, 0.3) is 0 Å². The van der Waals surface area contributed by atoms with E-state index in [-0.39, 0.29) is 28.2 Å². The summed E-state index contributed by atoms with van der Waals surface area (Å²) in [5, 5.41) is 14.5. The van der Waals surface area contributed by atoms with E-state index in [1.165, 1.54) is 12.1 Å². The maximum absolute atomic E-state index is 7.26. The summed E-state index contributed by atoms with van der Waals surface area (Å²) in [7, 11) is 0. The van der Waals surface area contributed by atoms with Crippen LogP contribution in [0.3, 0.4) is 0 Å². The average Bonchev–Trinajstić information content (AvgIpc) is 1.37. The predicted molar refractivity (Wildman–Crippen MR) is 26.2 cm³/mol. The maximum atomic E-state index is 7.26. The summed E-state index contributed by atoms with van der Waals surface area (Å²) in [6, 6.07) is 2.47. The first-order valence-electron chi connectivity index (χ1n) is 0.697. The molecule has 0 saturated carbocycles. The normalized spacial score (nSPS) is 1.00. The highest BCUT2D eigenvalue weighted by Crippen LogP contribution is 1.27. The second-order valence-corrected chi connectivity index (χ2v) is 0.224. The molecule has 2 nitrogen and oxygen atoms in total. The topological polar surface area (TPSA) is 47.6 Å². The van der Waals surface area contributed by atoms with Crippen LogP contribution in [0.15, 0.2) is 0 Å². The minimum atomic E-state index is 0. The zero-order valence-corrected chi connectivity index (χ0v) is 4.34. The van der Waals surface area contributed by atoms with Crippen molar-refractivity contribution < 1.29 is 28.2 Å². The molecule has 0 unspecified atom stereocenters. The summed E-state index contributed by atoms with van der Waals surface area (Å²) in [6.45, 7) is 0. The van der Waals surface area contributed by atoms with E-state index in [2.05, 4.69) is 0 Å². The fraction of sp³-hybridized carbons (Fsp3) is 0. The Bertz CT molecular complexity index is 68.7. The standard InChI is InChI=1S/C2N2.6FH/c3-1-2-4;;;;;;/h;6*1H. The Balaban J connectivity index is -0.00000000300. The van der Waals surface area contributed by atoms with Crippen LogP contribution < -0.4 is 0 Å². The molecule has 0 heterocycles. The van der Waals surface area contributed by atoms with Crippen molar-refractivity contribution >= 4 is 0 Å². The Morgan fingerprint density at radius 2 is 0.600 bits per heavy atom. The fourth-order valence-corrected chi connectivity index (χ4v) is 0. The van der Waals surface area contributed by atoms with Crippen LogP contribution in [0.1, 0.15) is 0 Å². The lowest BCUT2D eigenvalue weighted by Crippen LogP contribution is -1.26. The Morgan fingerprint density at radius 3 is 0.600 bits per heavy atom. The molecule has 0 aromatic heterocycles. The van der Waals surface area contributed by atoms with Gasteiger partial charge in [0, 0.05) is 0 Å². The van der Waals surface area contributed by atoms with Gasteiger partial charge in [0.25, 0.3) is 0 Å². The molecule has 0 fully saturated rings. The third-order valence-electron chi connectivity index (χ3n) is 0.0500. The van der Waals surface area contributed by atoms with Crippen molar-refractivity contribution in [1.29, 1.82) is 10.5 Å². The Kier molecular flexibility index (Phi) is 20900. The molecular formula is C2H6F6N2. The number of hydrogen-bond donors (Lipinski definition) is 0. The first kappa shape index (κ1) is 201. The van der Waals surface area contributed by atoms with Crippen molar-refractivity contribution in [1.82, 2.24) is 0 Å². The maximum Gasteiger partial charge on any atom is 0.181 e. The smallest absolute Gasteiger partial charge is 0.181 e. The summed E-state index contributed by atoms with van der Waals surface area (Å²) >= 11 is 0. The highest BCUT2D eigenvalue weighted by atomic mass is 19.0. The second-order valence-electron chi connectivity index (χ2n) is 0.224. The van der Waals surface area contributed by atoms with E-state index in [0.29, 0.717) is 0 Å². The van der Waals surface area contributed by atoms with Crippen molar-refractivity contribution in [3.8, 4) is 12.1 Å². The van der Waals surface area contributed by atoms with Gasteiger partial charge in [-0.2, -0.15) is 10.5 Å². The van der Waals surface area contributed by atoms with Gasteiger partial charge < -0.3 is 0 Å². The van der Waals surface area contributed by atoms with Gasteiger partial charge in [0.15, 0.2) is 12.1 Å². The van der Waals surface area contributed by atoms with Crippen LogP contribution in [0, 0.1) is 22.7 Å². The summed E-state index contributed by atoms with van der Waals surface area (Å²) in [5.41, 5.74) is 0. The molecule has 0 aliphatic rings. The molecule has 0 radical (unpaired) electrons. The average molecular weight is 172 g/mol. The lowest BCUT2D eigenvalue weighted by Gasteiger charge is -1.16. The zero-order valence-electron chi connectivity index (χ0n) is 4.34. The van der Waals surface area contributed by atoms with Gasteiger partial charge in [-0.1, -0.05) is 0 Å². The van der Waals surface area contributed by atoms with Gasteiger partial charge in [-0.05, 0) is 0 Å². The predicted octanol–water partition coefficient (Wildman–Crippen LogP) is 0.949. The Morgan fingerprint density at radius 1 is 0.500 bits per heavy atom. The van der Waals surface area contributed by atoms with Crippen molar-refractivity contribution in [3.63, 3.8) is 0 Å². The molecule has 0 spiro atoms. The molecule has 0 saturated heterocycles. The van der Waals surface area contributed by atoms with Gasteiger partial charge in [-0.15, -0.1) is 0 Å². The highest BCUT2D eigenvalue weighted by Gasteiger charge is 1.39. The molecule has 0 N–H and O–H groups in total. The molecular weight excluding hydrogens is 166 g/mol. The van der Waals surface area contributed by atoms with Crippen LogP contribution in [-0.4, -0.2) is 0 Å². The molecule has 0 atom stereocenters. The molecule has 0 rings (SSSR count).